The molecule has 0 saturated carbocycles. The lowest BCUT2D eigenvalue weighted by atomic mass is 9.99. The van der Waals surface area contributed by atoms with Crippen molar-refractivity contribution < 1.29 is 9.47 Å². The molecule has 0 spiro atoms. The second kappa shape index (κ2) is 7.00. The van der Waals surface area contributed by atoms with E-state index in [2.05, 4.69) is 36.9 Å². The summed E-state index contributed by atoms with van der Waals surface area (Å²) in [6, 6.07) is 7.93. The molecule has 5 nitrogen and oxygen atoms in total. The third-order valence-corrected chi connectivity index (χ3v) is 4.28. The van der Waals surface area contributed by atoms with Crippen LogP contribution in [0, 0.1) is 0 Å². The molecule has 1 aromatic heterocycles. The van der Waals surface area contributed by atoms with Gasteiger partial charge in [0, 0.05) is 23.8 Å². The van der Waals surface area contributed by atoms with Gasteiger partial charge >= 0.3 is 0 Å². The lowest BCUT2D eigenvalue weighted by Gasteiger charge is -2.27. The van der Waals surface area contributed by atoms with Crippen LogP contribution in [0.15, 0.2) is 39.9 Å². The number of fused-ring (bicyclic) bond motifs is 1. The third-order valence-electron chi connectivity index (χ3n) is 3.81. The zero-order valence-corrected chi connectivity index (χ0v) is 14.7. The van der Waals surface area contributed by atoms with Crippen LogP contribution in [0.4, 0.5) is 5.82 Å². The zero-order valence-electron chi connectivity index (χ0n) is 13.1. The predicted molar refractivity (Wildman–Crippen MR) is 93.7 cm³/mol. The molecule has 0 unspecified atom stereocenters. The van der Waals surface area contributed by atoms with Crippen molar-refractivity contribution in [2.75, 3.05) is 20.8 Å². The first-order valence-corrected chi connectivity index (χ1v) is 8.12. The van der Waals surface area contributed by atoms with E-state index in [4.69, 9.17) is 9.47 Å². The molecule has 0 fully saturated rings. The Morgan fingerprint density at radius 3 is 2.57 bits per heavy atom. The molecule has 3 rings (SSSR count). The molecule has 1 aromatic carbocycles. The number of methoxy groups -OCH3 is 2. The van der Waals surface area contributed by atoms with E-state index in [1.807, 2.05) is 24.5 Å². The van der Waals surface area contributed by atoms with Gasteiger partial charge in [-0.1, -0.05) is 0 Å². The number of rotatable bonds is 4. The van der Waals surface area contributed by atoms with Gasteiger partial charge in [-0.3, -0.25) is 0 Å². The van der Waals surface area contributed by atoms with Gasteiger partial charge in [0.25, 0.3) is 0 Å². The summed E-state index contributed by atoms with van der Waals surface area (Å²) in [7, 11) is 3.32. The largest absolute Gasteiger partial charge is 0.493 e. The molecule has 0 saturated heterocycles. The molecule has 120 valence electrons. The van der Waals surface area contributed by atoms with Gasteiger partial charge in [0.2, 0.25) is 0 Å². The van der Waals surface area contributed by atoms with Gasteiger partial charge in [0.05, 0.1) is 20.6 Å². The van der Waals surface area contributed by atoms with E-state index in [0.717, 1.165) is 35.5 Å². The Kier molecular flexibility index (Phi) is 4.81. The minimum Gasteiger partial charge on any atom is -0.493 e. The summed E-state index contributed by atoms with van der Waals surface area (Å²) in [6.07, 6.45) is 4.56. The number of aromatic nitrogens is 1. The van der Waals surface area contributed by atoms with E-state index in [0.29, 0.717) is 5.82 Å². The van der Waals surface area contributed by atoms with Gasteiger partial charge in [-0.25, -0.2) is 9.98 Å². The molecular weight excluding hydrogens is 358 g/mol. The van der Waals surface area contributed by atoms with Crippen molar-refractivity contribution >= 4 is 28.1 Å². The molecule has 0 radical (unpaired) electrons. The lowest BCUT2D eigenvalue weighted by molar-refractivity contribution is 0.349. The van der Waals surface area contributed by atoms with Gasteiger partial charge in [-0.15, -0.1) is 0 Å². The fourth-order valence-electron chi connectivity index (χ4n) is 2.59. The maximum absolute atomic E-state index is 5.39. The number of benzene rings is 1. The van der Waals surface area contributed by atoms with Crippen LogP contribution in [0.3, 0.4) is 0 Å². The molecule has 0 atom stereocenters. The fraction of sp³-hybridized carbons (Fsp3) is 0.294. The lowest BCUT2D eigenvalue weighted by Crippen LogP contribution is -2.29. The molecule has 0 amide bonds. The van der Waals surface area contributed by atoms with Gasteiger partial charge in [0.1, 0.15) is 0 Å². The van der Waals surface area contributed by atoms with E-state index >= 15 is 0 Å². The van der Waals surface area contributed by atoms with Crippen LogP contribution >= 0.6 is 15.9 Å². The molecule has 6 heteroatoms. The van der Waals surface area contributed by atoms with E-state index in [-0.39, 0.29) is 0 Å². The minimum absolute atomic E-state index is 0.700. The zero-order chi connectivity index (χ0) is 16.2. The molecular formula is C17H18BrN3O2. The number of pyridine rings is 1. The quantitative estimate of drug-likeness (QED) is 0.605. The van der Waals surface area contributed by atoms with E-state index in [9.17, 15) is 0 Å². The Balaban J connectivity index is 1.75. The smallest absolute Gasteiger partial charge is 0.161 e. The summed E-state index contributed by atoms with van der Waals surface area (Å²) >= 11 is 3.37. The van der Waals surface area contributed by atoms with E-state index in [1.54, 1.807) is 20.4 Å². The second-order valence-electron chi connectivity index (χ2n) is 5.28. The summed E-state index contributed by atoms with van der Waals surface area (Å²) in [5, 5.41) is 0. The highest BCUT2D eigenvalue weighted by Crippen LogP contribution is 2.33. The highest BCUT2D eigenvalue weighted by Gasteiger charge is 2.17. The highest BCUT2D eigenvalue weighted by atomic mass is 79.9. The summed E-state index contributed by atoms with van der Waals surface area (Å²) < 4.78 is 11.7. The average molecular weight is 376 g/mol. The Labute approximate surface area is 144 Å². The molecule has 0 bridgehead atoms. The molecule has 23 heavy (non-hydrogen) atoms. The first kappa shape index (κ1) is 15.8. The van der Waals surface area contributed by atoms with Crippen LogP contribution in [0.5, 0.6) is 11.5 Å². The summed E-state index contributed by atoms with van der Waals surface area (Å²) in [5.74, 6) is 2.25. The van der Waals surface area contributed by atoms with Crippen LogP contribution in [0.25, 0.3) is 0 Å². The van der Waals surface area contributed by atoms with Crippen molar-refractivity contribution in [2.24, 2.45) is 4.99 Å². The maximum Gasteiger partial charge on any atom is 0.161 e. The molecule has 1 aliphatic heterocycles. The van der Waals surface area contributed by atoms with Crippen molar-refractivity contribution in [1.29, 1.82) is 0 Å². The van der Waals surface area contributed by atoms with Gasteiger partial charge in [-0.05, 0) is 57.7 Å². The van der Waals surface area contributed by atoms with Crippen LogP contribution in [0.2, 0.25) is 0 Å². The molecule has 2 aromatic rings. The predicted octanol–water partition coefficient (Wildman–Crippen LogP) is 3.58. The number of nitrogens with zero attached hydrogens (tertiary/aromatic N) is 3. The SMILES string of the molecule is COc1cc2c(cc1OC)CN(C=Nc1ccc(Br)cn1)CC2. The van der Waals surface area contributed by atoms with Crippen molar-refractivity contribution in [1.82, 2.24) is 9.88 Å². The summed E-state index contributed by atoms with van der Waals surface area (Å²) in [4.78, 5) is 10.9. The average Bonchev–Trinajstić information content (AvgIpc) is 2.59. The molecule has 2 heterocycles. The van der Waals surface area contributed by atoms with Gasteiger partial charge < -0.3 is 14.4 Å². The molecule has 0 aliphatic carbocycles. The topological polar surface area (TPSA) is 47.0 Å². The maximum atomic E-state index is 5.39. The molecule has 0 N–H and O–H groups in total. The number of aliphatic imine (C=N–C) groups is 1. The first-order chi connectivity index (χ1) is 11.2. The minimum atomic E-state index is 0.700. The fourth-order valence-corrected chi connectivity index (χ4v) is 2.82. The third kappa shape index (κ3) is 3.64. The number of halogens is 1. The standard InChI is InChI=1S/C17H18BrN3O2/c1-22-15-7-12-5-6-21(10-13(12)8-16(15)23-2)11-20-17-4-3-14(18)9-19-17/h3-4,7-9,11H,5-6,10H2,1-2H3. The second-order valence-corrected chi connectivity index (χ2v) is 6.19. The van der Waals surface area contributed by atoms with E-state index in [1.165, 1.54) is 11.1 Å². The van der Waals surface area contributed by atoms with Crippen molar-refractivity contribution in [2.45, 2.75) is 13.0 Å². The van der Waals surface area contributed by atoms with Gasteiger partial charge in [0.15, 0.2) is 17.3 Å². The highest BCUT2D eigenvalue weighted by molar-refractivity contribution is 9.10. The Bertz CT molecular complexity index is 717. The Morgan fingerprint density at radius 2 is 1.91 bits per heavy atom. The monoisotopic (exact) mass is 375 g/mol. The van der Waals surface area contributed by atoms with E-state index < -0.39 is 0 Å². The van der Waals surface area contributed by atoms with Crippen molar-refractivity contribution in [3.63, 3.8) is 0 Å². The number of hydrogen-bond donors (Lipinski definition) is 0. The summed E-state index contributed by atoms with van der Waals surface area (Å²) in [6.45, 7) is 1.72. The molecule has 1 aliphatic rings. The van der Waals surface area contributed by atoms with Crippen molar-refractivity contribution in [3.8, 4) is 11.5 Å². The van der Waals surface area contributed by atoms with Crippen molar-refractivity contribution in [3.05, 3.63) is 46.1 Å². The number of hydrogen-bond acceptors (Lipinski definition) is 4. The van der Waals surface area contributed by atoms with Crippen LogP contribution < -0.4 is 9.47 Å². The normalized spacial score (nSPS) is 14.0. The summed E-state index contributed by atoms with van der Waals surface area (Å²) in [5.41, 5.74) is 2.54. The first-order valence-electron chi connectivity index (χ1n) is 7.33. The van der Waals surface area contributed by atoms with Gasteiger partial charge in [-0.2, -0.15) is 0 Å². The van der Waals surface area contributed by atoms with Crippen LogP contribution in [-0.2, 0) is 13.0 Å². The van der Waals surface area contributed by atoms with Crippen LogP contribution in [-0.4, -0.2) is 37.0 Å². The Hall–Kier alpha value is -2.08. The number of ether oxygens (including phenoxy) is 2. The van der Waals surface area contributed by atoms with Crippen LogP contribution in [0.1, 0.15) is 11.1 Å². The Morgan fingerprint density at radius 1 is 1.17 bits per heavy atom.